The number of hydrogen-bond donors (Lipinski definition) is 2. The van der Waals surface area contributed by atoms with Crippen molar-refractivity contribution in [2.45, 2.75) is 5.75 Å². The van der Waals surface area contributed by atoms with Crippen LogP contribution < -0.4 is 12.4 Å². The van der Waals surface area contributed by atoms with Crippen molar-refractivity contribution in [1.29, 1.82) is 0 Å². The molecule has 0 heterocycles. The van der Waals surface area contributed by atoms with Gasteiger partial charge in [-0.05, 0) is 10.9 Å². The van der Waals surface area contributed by atoms with Crippen molar-refractivity contribution in [1.82, 2.24) is 0 Å². The smallest absolute Gasteiger partial charge is 0.133 e. The van der Waals surface area contributed by atoms with Gasteiger partial charge < -0.3 is 22.6 Å². The molecule has 0 aliphatic rings. The molecule has 4 heteroatoms. The molecule has 0 spiro atoms. The highest BCUT2D eigenvalue weighted by molar-refractivity contribution is 7.96. The molecule has 0 aliphatic carbocycles. The lowest BCUT2D eigenvalue weighted by Crippen LogP contribution is -3.00. The van der Waals surface area contributed by atoms with E-state index in [0.29, 0.717) is 0 Å². The Bertz CT molecular complexity index is 238. The zero-order valence-electron chi connectivity index (χ0n) is 8.60. The Labute approximate surface area is 100 Å². The molecule has 86 valence electrons. The van der Waals surface area contributed by atoms with E-state index in [-0.39, 0.29) is 36.5 Å². The largest absolute Gasteiger partial charge is 1.00 e. The Morgan fingerprint density at radius 1 is 0.933 bits per heavy atom. The quantitative estimate of drug-likeness (QED) is 0.561. The Morgan fingerprint density at radius 2 is 1.47 bits per heavy atom. The minimum absolute atomic E-state index is 0. The van der Waals surface area contributed by atoms with Gasteiger partial charge in [0, 0.05) is 5.56 Å². The highest BCUT2D eigenvalue weighted by Gasteiger charge is 2.16. The third-order valence-electron chi connectivity index (χ3n) is 1.97. The van der Waals surface area contributed by atoms with E-state index >= 15 is 0 Å². The standard InChI is InChI=1S/C11H17O2S.ClH/c12-6-8-14(9-7-13)10-11-4-2-1-3-5-11;/h1-5,12-13H,6-10H2;1H/q+1;/p-1. The first-order valence-corrected chi connectivity index (χ1v) is 6.49. The van der Waals surface area contributed by atoms with Crippen LogP contribution in [0.2, 0.25) is 0 Å². The Hall–Kier alpha value is -0.220. The first kappa shape index (κ1) is 14.8. The van der Waals surface area contributed by atoms with Crippen LogP contribution in [-0.2, 0) is 16.6 Å². The topological polar surface area (TPSA) is 40.5 Å². The van der Waals surface area contributed by atoms with Gasteiger partial charge in [-0.25, -0.2) is 0 Å². The fourth-order valence-corrected chi connectivity index (χ4v) is 2.99. The summed E-state index contributed by atoms with van der Waals surface area (Å²) < 4.78 is 0. The Balaban J connectivity index is 0.00000196. The third kappa shape index (κ3) is 6.05. The highest BCUT2D eigenvalue weighted by atomic mass is 35.5. The van der Waals surface area contributed by atoms with Crippen LogP contribution in [-0.4, -0.2) is 34.9 Å². The van der Waals surface area contributed by atoms with Crippen molar-refractivity contribution in [3.63, 3.8) is 0 Å². The van der Waals surface area contributed by atoms with Gasteiger partial charge in [-0.15, -0.1) is 0 Å². The van der Waals surface area contributed by atoms with Crippen molar-refractivity contribution < 1.29 is 22.6 Å². The second-order valence-corrected chi connectivity index (χ2v) is 5.43. The summed E-state index contributed by atoms with van der Waals surface area (Å²) in [4.78, 5) is 0. The van der Waals surface area contributed by atoms with E-state index in [1.807, 2.05) is 18.2 Å². The molecule has 0 radical (unpaired) electrons. The summed E-state index contributed by atoms with van der Waals surface area (Å²) in [6.45, 7) is 0.436. The van der Waals surface area contributed by atoms with Crippen molar-refractivity contribution in [3.05, 3.63) is 35.9 Å². The predicted octanol–water partition coefficient (Wildman–Crippen LogP) is -2.21. The van der Waals surface area contributed by atoms with E-state index in [9.17, 15) is 0 Å². The van der Waals surface area contributed by atoms with Gasteiger partial charge >= 0.3 is 0 Å². The lowest BCUT2D eigenvalue weighted by atomic mass is 10.2. The second kappa shape index (κ2) is 9.04. The van der Waals surface area contributed by atoms with Gasteiger partial charge in [0.15, 0.2) is 0 Å². The molecule has 0 saturated heterocycles. The first-order valence-electron chi connectivity index (χ1n) is 4.76. The van der Waals surface area contributed by atoms with Crippen LogP contribution >= 0.6 is 0 Å². The minimum atomic E-state index is 0. The van der Waals surface area contributed by atoms with Gasteiger partial charge in [-0.3, -0.25) is 0 Å². The summed E-state index contributed by atoms with van der Waals surface area (Å²) in [5.41, 5.74) is 1.29. The molecule has 1 aromatic carbocycles. The monoisotopic (exact) mass is 248 g/mol. The van der Waals surface area contributed by atoms with Crippen molar-refractivity contribution in [3.8, 4) is 0 Å². The molecule has 0 unspecified atom stereocenters. The molecule has 2 nitrogen and oxygen atoms in total. The first-order chi connectivity index (χ1) is 6.86. The van der Waals surface area contributed by atoms with E-state index in [0.717, 1.165) is 17.3 Å². The molecule has 0 bridgehead atoms. The molecule has 0 aromatic heterocycles. The van der Waals surface area contributed by atoms with Crippen LogP contribution in [0.4, 0.5) is 0 Å². The molecule has 0 amide bonds. The molecule has 0 aliphatic heterocycles. The van der Waals surface area contributed by atoms with Crippen LogP contribution in [0.3, 0.4) is 0 Å². The molecule has 0 atom stereocenters. The summed E-state index contributed by atoms with van der Waals surface area (Å²) in [5, 5.41) is 17.7. The molecular formula is C11H17ClO2S. The van der Waals surface area contributed by atoms with Gasteiger partial charge in [0.05, 0.1) is 13.2 Å². The van der Waals surface area contributed by atoms with Crippen molar-refractivity contribution in [2.75, 3.05) is 24.7 Å². The highest BCUT2D eigenvalue weighted by Crippen LogP contribution is 2.08. The number of aliphatic hydroxyl groups excluding tert-OH is 2. The minimum Gasteiger partial charge on any atom is -1.00 e. The van der Waals surface area contributed by atoms with Crippen LogP contribution in [0.5, 0.6) is 0 Å². The molecule has 2 N–H and O–H groups in total. The predicted molar refractivity (Wildman–Crippen MR) is 61.4 cm³/mol. The number of hydrogen-bond acceptors (Lipinski definition) is 2. The Morgan fingerprint density at radius 3 is 1.93 bits per heavy atom. The second-order valence-electron chi connectivity index (χ2n) is 3.10. The summed E-state index contributed by atoms with van der Waals surface area (Å²) in [6, 6.07) is 10.2. The molecule has 0 saturated carbocycles. The molecular weight excluding hydrogens is 232 g/mol. The van der Waals surface area contributed by atoms with Crippen LogP contribution in [0.1, 0.15) is 5.56 Å². The number of benzene rings is 1. The zero-order valence-corrected chi connectivity index (χ0v) is 10.2. The van der Waals surface area contributed by atoms with Gasteiger partial charge in [0.25, 0.3) is 0 Å². The summed E-state index contributed by atoms with van der Waals surface area (Å²) in [5.74, 6) is 2.58. The fourth-order valence-electron chi connectivity index (χ4n) is 1.31. The lowest BCUT2D eigenvalue weighted by molar-refractivity contribution is -0.00000523. The summed E-state index contributed by atoms with van der Waals surface area (Å²) >= 11 is 0. The summed E-state index contributed by atoms with van der Waals surface area (Å²) in [7, 11) is 0.125. The van der Waals surface area contributed by atoms with E-state index < -0.39 is 0 Å². The van der Waals surface area contributed by atoms with E-state index in [1.165, 1.54) is 5.56 Å². The molecule has 15 heavy (non-hydrogen) atoms. The molecule has 0 fully saturated rings. The summed E-state index contributed by atoms with van der Waals surface area (Å²) in [6.07, 6.45) is 0. The fraction of sp³-hybridized carbons (Fsp3) is 0.455. The average molecular weight is 249 g/mol. The van der Waals surface area contributed by atoms with Gasteiger partial charge in [-0.1, -0.05) is 30.3 Å². The number of halogens is 1. The maximum absolute atomic E-state index is 8.87. The number of aliphatic hydroxyl groups is 2. The van der Waals surface area contributed by atoms with E-state index in [2.05, 4.69) is 12.1 Å². The van der Waals surface area contributed by atoms with Gasteiger partial charge in [-0.2, -0.15) is 0 Å². The number of rotatable bonds is 6. The lowest BCUT2D eigenvalue weighted by Gasteiger charge is -2.05. The van der Waals surface area contributed by atoms with E-state index in [4.69, 9.17) is 10.2 Å². The van der Waals surface area contributed by atoms with Crippen molar-refractivity contribution >= 4 is 10.9 Å². The van der Waals surface area contributed by atoms with Crippen LogP contribution in [0.15, 0.2) is 30.3 Å². The zero-order chi connectivity index (χ0) is 10.2. The van der Waals surface area contributed by atoms with Gasteiger partial charge in [0.2, 0.25) is 0 Å². The normalized spacial score (nSPS) is 10.1. The van der Waals surface area contributed by atoms with Crippen LogP contribution in [0.25, 0.3) is 0 Å². The van der Waals surface area contributed by atoms with E-state index in [1.54, 1.807) is 0 Å². The average Bonchev–Trinajstić information content (AvgIpc) is 2.20. The molecule has 1 aromatic rings. The van der Waals surface area contributed by atoms with Crippen molar-refractivity contribution in [2.24, 2.45) is 0 Å². The maximum Gasteiger partial charge on any atom is 0.133 e. The Kier molecular flexibility index (Phi) is 8.91. The maximum atomic E-state index is 8.87. The van der Waals surface area contributed by atoms with Crippen LogP contribution in [0, 0.1) is 0 Å². The third-order valence-corrected chi connectivity index (χ3v) is 4.23. The SMILES string of the molecule is OCC[S+](CCO)Cc1ccccc1.[Cl-]. The molecule has 1 rings (SSSR count). The van der Waals surface area contributed by atoms with Gasteiger partial charge in [0.1, 0.15) is 17.3 Å².